The molecular formula is C9H17NOS. The van der Waals surface area contributed by atoms with Gasteiger partial charge < -0.3 is 4.74 Å². The fourth-order valence-corrected chi connectivity index (χ4v) is 3.28. The van der Waals surface area contributed by atoms with E-state index in [2.05, 4.69) is 16.7 Å². The number of thioether (sulfide) groups is 1. The summed E-state index contributed by atoms with van der Waals surface area (Å²) in [5.74, 6) is 1.36. The van der Waals surface area contributed by atoms with E-state index in [4.69, 9.17) is 4.74 Å². The Labute approximate surface area is 78.6 Å². The minimum Gasteiger partial charge on any atom is -0.379 e. The molecule has 1 unspecified atom stereocenters. The highest BCUT2D eigenvalue weighted by atomic mass is 32.2. The first kappa shape index (κ1) is 8.85. The largest absolute Gasteiger partial charge is 0.379 e. The first-order chi connectivity index (χ1) is 5.97. The van der Waals surface area contributed by atoms with Crippen LogP contribution in [0.4, 0.5) is 0 Å². The summed E-state index contributed by atoms with van der Waals surface area (Å²) in [7, 11) is 0. The quantitative estimate of drug-likeness (QED) is 0.618. The van der Waals surface area contributed by atoms with Gasteiger partial charge in [-0.05, 0) is 18.6 Å². The van der Waals surface area contributed by atoms with Gasteiger partial charge in [-0.3, -0.25) is 4.90 Å². The van der Waals surface area contributed by atoms with E-state index in [0.717, 1.165) is 31.7 Å². The van der Waals surface area contributed by atoms with Crippen molar-refractivity contribution in [2.45, 2.75) is 24.6 Å². The van der Waals surface area contributed by atoms with Crippen LogP contribution in [0.5, 0.6) is 0 Å². The van der Waals surface area contributed by atoms with Gasteiger partial charge in [0.2, 0.25) is 0 Å². The van der Waals surface area contributed by atoms with Gasteiger partial charge in [0.25, 0.3) is 0 Å². The lowest BCUT2D eigenvalue weighted by Gasteiger charge is -2.35. The summed E-state index contributed by atoms with van der Waals surface area (Å²) >= 11 is 2.14. The summed E-state index contributed by atoms with van der Waals surface area (Å²) in [4.78, 5) is 2.59. The number of hydrogen-bond donors (Lipinski definition) is 0. The highest BCUT2D eigenvalue weighted by molar-refractivity contribution is 7.99. The Balaban J connectivity index is 1.80. The molecule has 2 aliphatic heterocycles. The van der Waals surface area contributed by atoms with Crippen LogP contribution in [0.15, 0.2) is 0 Å². The molecular weight excluding hydrogens is 170 g/mol. The smallest absolute Gasteiger partial charge is 0.0594 e. The van der Waals surface area contributed by atoms with Crippen molar-refractivity contribution in [1.82, 2.24) is 4.90 Å². The average Bonchev–Trinajstić information content (AvgIpc) is 2.21. The van der Waals surface area contributed by atoms with E-state index in [1.54, 1.807) is 0 Å². The van der Waals surface area contributed by atoms with E-state index >= 15 is 0 Å². The van der Waals surface area contributed by atoms with Crippen molar-refractivity contribution in [1.29, 1.82) is 0 Å². The van der Waals surface area contributed by atoms with Gasteiger partial charge in [-0.1, -0.05) is 6.42 Å². The zero-order chi connectivity index (χ0) is 8.23. The normalized spacial score (nSPS) is 33.5. The van der Waals surface area contributed by atoms with Gasteiger partial charge >= 0.3 is 0 Å². The Morgan fingerprint density at radius 2 is 2.00 bits per heavy atom. The van der Waals surface area contributed by atoms with Crippen LogP contribution in [-0.2, 0) is 4.74 Å². The Morgan fingerprint density at radius 1 is 1.17 bits per heavy atom. The van der Waals surface area contributed by atoms with Crippen molar-refractivity contribution in [3.63, 3.8) is 0 Å². The van der Waals surface area contributed by atoms with Crippen molar-refractivity contribution in [3.05, 3.63) is 0 Å². The highest BCUT2D eigenvalue weighted by Crippen LogP contribution is 2.28. The fraction of sp³-hybridized carbons (Fsp3) is 1.00. The average molecular weight is 187 g/mol. The SMILES string of the molecule is C1CCC(N2CCOCC2)SC1. The second-order valence-electron chi connectivity index (χ2n) is 3.47. The molecule has 0 N–H and O–H groups in total. The Hall–Kier alpha value is 0.270. The van der Waals surface area contributed by atoms with Crippen LogP contribution >= 0.6 is 11.8 Å². The molecule has 2 heterocycles. The van der Waals surface area contributed by atoms with Crippen LogP contribution in [0.1, 0.15) is 19.3 Å². The van der Waals surface area contributed by atoms with Crippen molar-refractivity contribution < 1.29 is 4.74 Å². The van der Waals surface area contributed by atoms with E-state index in [-0.39, 0.29) is 0 Å². The Kier molecular flexibility index (Phi) is 3.31. The monoisotopic (exact) mass is 187 g/mol. The summed E-state index contributed by atoms with van der Waals surface area (Å²) in [6.45, 7) is 4.18. The third-order valence-electron chi connectivity index (χ3n) is 2.61. The first-order valence-corrected chi connectivity index (χ1v) is 5.95. The van der Waals surface area contributed by atoms with Gasteiger partial charge in [-0.25, -0.2) is 0 Å². The number of nitrogens with zero attached hydrogens (tertiary/aromatic N) is 1. The number of hydrogen-bond acceptors (Lipinski definition) is 3. The molecule has 0 bridgehead atoms. The van der Waals surface area contributed by atoms with E-state index < -0.39 is 0 Å². The zero-order valence-electron chi connectivity index (χ0n) is 7.50. The van der Waals surface area contributed by atoms with Gasteiger partial charge in [0.15, 0.2) is 0 Å². The molecule has 12 heavy (non-hydrogen) atoms. The molecule has 3 heteroatoms. The summed E-state index contributed by atoms with van der Waals surface area (Å²) in [6.07, 6.45) is 4.24. The minimum atomic E-state index is 0.808. The molecule has 70 valence electrons. The van der Waals surface area contributed by atoms with Gasteiger partial charge in [-0.2, -0.15) is 0 Å². The van der Waals surface area contributed by atoms with Crippen LogP contribution in [-0.4, -0.2) is 42.3 Å². The molecule has 2 nitrogen and oxygen atoms in total. The standard InChI is InChI=1S/C9H17NOS/c1-2-8-12-9(3-1)10-4-6-11-7-5-10/h9H,1-8H2. The van der Waals surface area contributed by atoms with Crippen LogP contribution in [0.2, 0.25) is 0 Å². The molecule has 0 aromatic heterocycles. The van der Waals surface area contributed by atoms with Gasteiger partial charge in [0.1, 0.15) is 0 Å². The molecule has 2 aliphatic rings. The minimum absolute atomic E-state index is 0.808. The van der Waals surface area contributed by atoms with Crippen molar-refractivity contribution in [2.24, 2.45) is 0 Å². The molecule has 0 aromatic carbocycles. The van der Waals surface area contributed by atoms with Crippen LogP contribution in [0, 0.1) is 0 Å². The second-order valence-corrected chi connectivity index (χ2v) is 4.76. The van der Waals surface area contributed by atoms with Crippen LogP contribution in [0.25, 0.3) is 0 Å². The molecule has 2 saturated heterocycles. The van der Waals surface area contributed by atoms with E-state index in [9.17, 15) is 0 Å². The van der Waals surface area contributed by atoms with Crippen molar-refractivity contribution >= 4 is 11.8 Å². The Morgan fingerprint density at radius 3 is 2.67 bits per heavy atom. The van der Waals surface area contributed by atoms with Crippen molar-refractivity contribution in [3.8, 4) is 0 Å². The predicted octanol–water partition coefficient (Wildman–Crippen LogP) is 1.56. The zero-order valence-corrected chi connectivity index (χ0v) is 8.31. The molecule has 0 aromatic rings. The Bertz CT molecular complexity index is 114. The molecule has 0 amide bonds. The summed E-state index contributed by atoms with van der Waals surface area (Å²) in [6, 6.07) is 0. The van der Waals surface area contributed by atoms with E-state index in [1.165, 1.54) is 25.0 Å². The van der Waals surface area contributed by atoms with Gasteiger partial charge in [-0.15, -0.1) is 11.8 Å². The van der Waals surface area contributed by atoms with Crippen LogP contribution in [0.3, 0.4) is 0 Å². The molecule has 2 fully saturated rings. The number of ether oxygens (including phenoxy) is 1. The third-order valence-corrected chi connectivity index (χ3v) is 4.05. The summed E-state index contributed by atoms with van der Waals surface area (Å²) < 4.78 is 5.34. The van der Waals surface area contributed by atoms with E-state index in [0.29, 0.717) is 0 Å². The molecule has 1 atom stereocenters. The highest BCUT2D eigenvalue weighted by Gasteiger charge is 2.22. The number of rotatable bonds is 1. The fourth-order valence-electron chi connectivity index (χ4n) is 1.88. The van der Waals surface area contributed by atoms with Gasteiger partial charge in [0, 0.05) is 13.1 Å². The predicted molar refractivity (Wildman–Crippen MR) is 52.5 cm³/mol. The van der Waals surface area contributed by atoms with E-state index in [1.807, 2.05) is 0 Å². The lowest BCUT2D eigenvalue weighted by Crippen LogP contribution is -2.42. The second kappa shape index (κ2) is 4.49. The van der Waals surface area contributed by atoms with Crippen LogP contribution < -0.4 is 0 Å². The summed E-state index contributed by atoms with van der Waals surface area (Å²) in [5, 5.41) is 0.808. The maximum atomic E-state index is 5.34. The third kappa shape index (κ3) is 2.15. The summed E-state index contributed by atoms with van der Waals surface area (Å²) in [5.41, 5.74) is 0. The molecule has 0 radical (unpaired) electrons. The maximum Gasteiger partial charge on any atom is 0.0594 e. The van der Waals surface area contributed by atoms with Gasteiger partial charge in [0.05, 0.1) is 18.6 Å². The first-order valence-electron chi connectivity index (χ1n) is 4.90. The number of morpholine rings is 1. The maximum absolute atomic E-state index is 5.34. The van der Waals surface area contributed by atoms with Crippen molar-refractivity contribution in [2.75, 3.05) is 32.1 Å². The molecule has 0 saturated carbocycles. The molecule has 2 rings (SSSR count). The lowest BCUT2D eigenvalue weighted by molar-refractivity contribution is 0.0306. The molecule has 0 aliphatic carbocycles. The topological polar surface area (TPSA) is 12.5 Å². The lowest BCUT2D eigenvalue weighted by atomic mass is 10.2. The molecule has 0 spiro atoms.